The number of amides is 1. The minimum absolute atomic E-state index is 0. The van der Waals surface area contributed by atoms with Crippen LogP contribution in [0, 0.1) is 0 Å². The number of rotatable bonds is 6. The van der Waals surface area contributed by atoms with Gasteiger partial charge in [0.2, 0.25) is 11.8 Å². The molecule has 0 aliphatic heterocycles. The summed E-state index contributed by atoms with van der Waals surface area (Å²) in [5, 5.41) is 7.66. The van der Waals surface area contributed by atoms with Gasteiger partial charge in [-0.3, -0.25) is 4.79 Å². The Morgan fingerprint density at radius 1 is 1.26 bits per heavy atom. The summed E-state index contributed by atoms with van der Waals surface area (Å²) >= 11 is 0. The molecule has 0 aliphatic carbocycles. The SMILES string of the molecule is COc1cccc(C(C)Nc2nc(C(N)=O)nc3c(C(C)C)cnn23)c1.Cl. The molecule has 144 valence electrons. The van der Waals surface area contributed by atoms with Crippen LogP contribution >= 0.6 is 12.4 Å². The van der Waals surface area contributed by atoms with Gasteiger partial charge in [0.25, 0.3) is 5.91 Å². The number of hydrogen-bond donors (Lipinski definition) is 2. The molecule has 1 amide bonds. The van der Waals surface area contributed by atoms with E-state index in [2.05, 4.69) is 20.4 Å². The topological polar surface area (TPSA) is 107 Å². The number of nitrogens with one attached hydrogen (secondary N) is 1. The molecule has 1 aromatic carbocycles. The van der Waals surface area contributed by atoms with Gasteiger partial charge in [-0.15, -0.1) is 12.4 Å². The zero-order chi connectivity index (χ0) is 18.8. The molecule has 0 fully saturated rings. The summed E-state index contributed by atoms with van der Waals surface area (Å²) in [6.45, 7) is 6.06. The molecule has 8 nitrogen and oxygen atoms in total. The van der Waals surface area contributed by atoms with Crippen LogP contribution in [0.3, 0.4) is 0 Å². The van der Waals surface area contributed by atoms with E-state index in [1.807, 2.05) is 45.0 Å². The molecule has 0 saturated heterocycles. The maximum atomic E-state index is 11.7. The fraction of sp³-hybridized carbons (Fsp3) is 0.333. The van der Waals surface area contributed by atoms with Crippen molar-refractivity contribution in [1.82, 2.24) is 19.6 Å². The number of halogens is 1. The molecule has 3 N–H and O–H groups in total. The molecule has 0 radical (unpaired) electrons. The van der Waals surface area contributed by atoms with E-state index in [1.165, 1.54) is 0 Å². The van der Waals surface area contributed by atoms with Gasteiger partial charge in [-0.2, -0.15) is 14.6 Å². The van der Waals surface area contributed by atoms with Crippen LogP contribution in [0.15, 0.2) is 30.5 Å². The normalized spacial score (nSPS) is 11.9. The molecule has 0 saturated carbocycles. The average molecular weight is 391 g/mol. The van der Waals surface area contributed by atoms with Gasteiger partial charge < -0.3 is 15.8 Å². The highest BCUT2D eigenvalue weighted by molar-refractivity contribution is 5.89. The van der Waals surface area contributed by atoms with Crippen molar-refractivity contribution in [1.29, 1.82) is 0 Å². The molecule has 3 aromatic rings. The summed E-state index contributed by atoms with van der Waals surface area (Å²) in [4.78, 5) is 20.2. The predicted octanol–water partition coefficient (Wildman–Crippen LogP) is 2.95. The summed E-state index contributed by atoms with van der Waals surface area (Å²) in [6.07, 6.45) is 1.74. The Labute approximate surface area is 163 Å². The van der Waals surface area contributed by atoms with E-state index in [1.54, 1.807) is 17.8 Å². The summed E-state index contributed by atoms with van der Waals surface area (Å²) in [7, 11) is 1.63. The fourth-order valence-corrected chi connectivity index (χ4v) is 2.69. The number of carbonyl (C=O) groups excluding carboxylic acids is 1. The fourth-order valence-electron chi connectivity index (χ4n) is 2.69. The molecule has 0 bridgehead atoms. The number of fused-ring (bicyclic) bond motifs is 1. The third kappa shape index (κ3) is 4.11. The van der Waals surface area contributed by atoms with Gasteiger partial charge in [0.15, 0.2) is 5.65 Å². The second-order valence-electron chi connectivity index (χ2n) is 6.37. The number of anilines is 1. The highest BCUT2D eigenvalue weighted by Gasteiger charge is 2.18. The number of nitrogens with zero attached hydrogens (tertiary/aromatic N) is 4. The largest absolute Gasteiger partial charge is 0.497 e. The molecule has 1 unspecified atom stereocenters. The van der Waals surface area contributed by atoms with E-state index < -0.39 is 5.91 Å². The third-order valence-corrected chi connectivity index (χ3v) is 4.18. The molecular weight excluding hydrogens is 368 g/mol. The van der Waals surface area contributed by atoms with E-state index in [0.29, 0.717) is 11.6 Å². The average Bonchev–Trinajstić information content (AvgIpc) is 3.06. The predicted molar refractivity (Wildman–Crippen MR) is 106 cm³/mol. The number of methoxy groups -OCH3 is 1. The van der Waals surface area contributed by atoms with Gasteiger partial charge in [0, 0.05) is 5.56 Å². The monoisotopic (exact) mass is 390 g/mol. The van der Waals surface area contributed by atoms with Crippen molar-refractivity contribution >= 4 is 29.9 Å². The highest BCUT2D eigenvalue weighted by atomic mass is 35.5. The summed E-state index contributed by atoms with van der Waals surface area (Å²) < 4.78 is 6.87. The first-order chi connectivity index (χ1) is 12.4. The van der Waals surface area contributed by atoms with E-state index >= 15 is 0 Å². The van der Waals surface area contributed by atoms with E-state index in [-0.39, 0.29) is 30.2 Å². The van der Waals surface area contributed by atoms with Gasteiger partial charge in [0.1, 0.15) is 5.75 Å². The van der Waals surface area contributed by atoms with Crippen molar-refractivity contribution < 1.29 is 9.53 Å². The number of hydrogen-bond acceptors (Lipinski definition) is 6. The lowest BCUT2D eigenvalue weighted by Gasteiger charge is -2.16. The van der Waals surface area contributed by atoms with Gasteiger partial charge in [-0.05, 0) is 30.5 Å². The van der Waals surface area contributed by atoms with Crippen molar-refractivity contribution in [3.63, 3.8) is 0 Å². The molecule has 3 rings (SSSR count). The second-order valence-corrected chi connectivity index (χ2v) is 6.37. The van der Waals surface area contributed by atoms with Crippen molar-refractivity contribution in [3.8, 4) is 5.75 Å². The van der Waals surface area contributed by atoms with Crippen LogP contribution in [0.5, 0.6) is 5.75 Å². The second kappa shape index (κ2) is 8.22. The van der Waals surface area contributed by atoms with Crippen molar-refractivity contribution in [2.24, 2.45) is 5.73 Å². The number of aromatic nitrogens is 4. The molecule has 1 atom stereocenters. The molecule has 2 heterocycles. The Kier molecular flexibility index (Phi) is 6.22. The molecule has 9 heteroatoms. The minimum atomic E-state index is -0.680. The smallest absolute Gasteiger partial charge is 0.286 e. The van der Waals surface area contributed by atoms with E-state index in [4.69, 9.17) is 10.5 Å². The first-order valence-corrected chi connectivity index (χ1v) is 8.36. The van der Waals surface area contributed by atoms with Gasteiger partial charge in [0.05, 0.1) is 19.3 Å². The van der Waals surface area contributed by atoms with E-state index in [9.17, 15) is 4.79 Å². The van der Waals surface area contributed by atoms with Crippen LogP contribution in [0.2, 0.25) is 0 Å². The lowest BCUT2D eigenvalue weighted by Crippen LogP contribution is -2.20. The third-order valence-electron chi connectivity index (χ3n) is 4.18. The Balaban J connectivity index is 0.00000261. The minimum Gasteiger partial charge on any atom is -0.497 e. The highest BCUT2D eigenvalue weighted by Crippen LogP contribution is 2.24. The van der Waals surface area contributed by atoms with Crippen molar-refractivity contribution in [2.75, 3.05) is 12.4 Å². The van der Waals surface area contributed by atoms with Crippen molar-refractivity contribution in [2.45, 2.75) is 32.7 Å². The summed E-state index contributed by atoms with van der Waals surface area (Å²) in [5.74, 6) is 0.654. The number of nitrogens with two attached hydrogens (primary N) is 1. The standard InChI is InChI=1S/C18H22N6O2.ClH/c1-10(2)14-9-20-24-17(14)22-16(15(19)25)23-18(24)21-11(3)12-6-5-7-13(8-12)26-4;/h5-11H,1-4H3,(H2,19,25)(H,21,22,23);1H. The first kappa shape index (κ1) is 20.4. The Morgan fingerprint density at radius 3 is 2.63 bits per heavy atom. The number of carbonyl (C=O) groups is 1. The summed E-state index contributed by atoms with van der Waals surface area (Å²) in [6, 6.07) is 7.62. The molecule has 27 heavy (non-hydrogen) atoms. The van der Waals surface area contributed by atoms with Gasteiger partial charge >= 0.3 is 0 Å². The molecule has 0 aliphatic rings. The molecule has 2 aromatic heterocycles. The van der Waals surface area contributed by atoms with E-state index in [0.717, 1.165) is 16.9 Å². The summed E-state index contributed by atoms with van der Waals surface area (Å²) in [5.41, 5.74) is 7.91. The first-order valence-electron chi connectivity index (χ1n) is 8.36. The Bertz CT molecular complexity index is 956. The molecular formula is C18H23ClN6O2. The van der Waals surface area contributed by atoms with Crippen LogP contribution in [0.25, 0.3) is 5.65 Å². The Morgan fingerprint density at radius 2 is 2.00 bits per heavy atom. The van der Waals surface area contributed by atoms with Crippen LogP contribution in [0.4, 0.5) is 5.95 Å². The molecule has 0 spiro atoms. The van der Waals surface area contributed by atoms with Crippen LogP contribution in [-0.4, -0.2) is 32.6 Å². The van der Waals surface area contributed by atoms with Crippen LogP contribution in [0.1, 0.15) is 54.5 Å². The lowest BCUT2D eigenvalue weighted by atomic mass is 10.1. The zero-order valence-electron chi connectivity index (χ0n) is 15.6. The number of primary amides is 1. The zero-order valence-corrected chi connectivity index (χ0v) is 16.4. The van der Waals surface area contributed by atoms with Crippen LogP contribution < -0.4 is 15.8 Å². The van der Waals surface area contributed by atoms with Crippen molar-refractivity contribution in [3.05, 3.63) is 47.4 Å². The maximum absolute atomic E-state index is 11.7. The lowest BCUT2D eigenvalue weighted by molar-refractivity contribution is 0.0990. The van der Waals surface area contributed by atoms with Gasteiger partial charge in [-0.1, -0.05) is 26.0 Å². The number of ether oxygens (including phenoxy) is 1. The van der Waals surface area contributed by atoms with Gasteiger partial charge in [-0.25, -0.2) is 4.98 Å². The Hall–Kier alpha value is -2.87. The number of benzene rings is 1. The quantitative estimate of drug-likeness (QED) is 0.670. The maximum Gasteiger partial charge on any atom is 0.286 e. The van der Waals surface area contributed by atoms with Crippen LogP contribution in [-0.2, 0) is 0 Å².